The summed E-state index contributed by atoms with van der Waals surface area (Å²) < 4.78 is 68.2. The summed E-state index contributed by atoms with van der Waals surface area (Å²) in [5.41, 5.74) is -5.47. The smallest absolute Gasteiger partial charge is 0.422 e. The number of alkyl halides is 3. The average Bonchev–Trinajstić information content (AvgIpc) is 2.46. The van der Waals surface area contributed by atoms with Crippen molar-refractivity contribution in [2.75, 3.05) is 0 Å². The highest BCUT2D eigenvalue weighted by Crippen LogP contribution is 2.30. The van der Waals surface area contributed by atoms with E-state index in [1.54, 1.807) is 25.1 Å². The lowest BCUT2D eigenvalue weighted by Gasteiger charge is -2.10. The molecular weight excluding hydrogens is 349 g/mol. The molecule has 1 heterocycles. The van der Waals surface area contributed by atoms with Gasteiger partial charge in [-0.3, -0.25) is 0 Å². The fourth-order valence-electron chi connectivity index (χ4n) is 2.25. The first-order valence-electron chi connectivity index (χ1n) is 6.56. The van der Waals surface area contributed by atoms with Crippen LogP contribution in [0.15, 0.2) is 45.6 Å². The third kappa shape index (κ3) is 2.71. The Balaban J connectivity index is 2.18. The van der Waals surface area contributed by atoms with Crippen LogP contribution in [-0.2, 0) is 10.1 Å². The van der Waals surface area contributed by atoms with Crippen LogP contribution in [0.1, 0.15) is 5.56 Å². The van der Waals surface area contributed by atoms with Gasteiger partial charge in [-0.2, -0.15) is 21.6 Å². The molecule has 1 aromatic heterocycles. The lowest BCUT2D eigenvalue weighted by Crippen LogP contribution is -2.28. The Morgan fingerprint density at radius 1 is 1.00 bits per heavy atom. The van der Waals surface area contributed by atoms with Crippen LogP contribution in [0, 0.1) is 6.92 Å². The van der Waals surface area contributed by atoms with E-state index in [1.165, 1.54) is 6.07 Å². The molecule has 5 nitrogen and oxygen atoms in total. The van der Waals surface area contributed by atoms with Crippen molar-refractivity contribution in [1.82, 2.24) is 0 Å². The Hall–Kier alpha value is -2.55. The van der Waals surface area contributed by atoms with Gasteiger partial charge in [-0.25, -0.2) is 4.79 Å². The SMILES string of the molecule is Cc1ccc2c(c1)c(=O)oc1cc(OS(=O)(=O)C(F)(F)F)ccc12. The molecule has 0 atom stereocenters. The van der Waals surface area contributed by atoms with Crippen molar-refractivity contribution in [1.29, 1.82) is 0 Å². The summed E-state index contributed by atoms with van der Waals surface area (Å²) >= 11 is 0. The fraction of sp³-hybridized carbons (Fsp3) is 0.133. The van der Waals surface area contributed by atoms with Crippen LogP contribution in [0.4, 0.5) is 13.2 Å². The Morgan fingerprint density at radius 3 is 2.33 bits per heavy atom. The fourth-order valence-corrected chi connectivity index (χ4v) is 2.70. The molecule has 0 saturated carbocycles. The highest BCUT2D eigenvalue weighted by atomic mass is 32.2. The molecule has 9 heteroatoms. The van der Waals surface area contributed by atoms with Gasteiger partial charge in [0.25, 0.3) is 0 Å². The summed E-state index contributed by atoms with van der Waals surface area (Å²) in [6.07, 6.45) is 0. The highest BCUT2D eigenvalue weighted by molar-refractivity contribution is 7.88. The predicted molar refractivity (Wildman–Crippen MR) is 80.3 cm³/mol. The van der Waals surface area contributed by atoms with E-state index >= 15 is 0 Å². The van der Waals surface area contributed by atoms with Crippen LogP contribution in [0.3, 0.4) is 0 Å². The first kappa shape index (κ1) is 16.3. The van der Waals surface area contributed by atoms with Crippen LogP contribution in [0.5, 0.6) is 5.75 Å². The number of hydrogen-bond donors (Lipinski definition) is 0. The van der Waals surface area contributed by atoms with E-state index in [4.69, 9.17) is 4.42 Å². The maximum Gasteiger partial charge on any atom is 0.534 e. The second-order valence-corrected chi connectivity index (χ2v) is 6.62. The van der Waals surface area contributed by atoms with Crippen LogP contribution in [0.25, 0.3) is 21.7 Å². The van der Waals surface area contributed by atoms with Crippen LogP contribution in [0.2, 0.25) is 0 Å². The summed E-state index contributed by atoms with van der Waals surface area (Å²) in [6.45, 7) is 1.79. The molecule has 0 amide bonds. The molecule has 0 saturated heterocycles. The van der Waals surface area contributed by atoms with E-state index < -0.39 is 27.0 Å². The minimum Gasteiger partial charge on any atom is -0.422 e. The lowest BCUT2D eigenvalue weighted by atomic mass is 10.1. The number of rotatable bonds is 2. The largest absolute Gasteiger partial charge is 0.534 e. The zero-order valence-electron chi connectivity index (χ0n) is 12.0. The Kier molecular flexibility index (Phi) is 3.56. The van der Waals surface area contributed by atoms with Crippen molar-refractivity contribution in [2.45, 2.75) is 12.4 Å². The number of fused-ring (bicyclic) bond motifs is 3. The van der Waals surface area contributed by atoms with Gasteiger partial charge in [-0.05, 0) is 30.5 Å². The lowest BCUT2D eigenvalue weighted by molar-refractivity contribution is -0.0500. The third-order valence-corrected chi connectivity index (χ3v) is 4.31. The molecule has 0 aliphatic rings. The van der Waals surface area contributed by atoms with Gasteiger partial charge in [0.05, 0.1) is 5.39 Å². The van der Waals surface area contributed by atoms with E-state index in [1.807, 2.05) is 0 Å². The molecule has 24 heavy (non-hydrogen) atoms. The van der Waals surface area contributed by atoms with Crippen molar-refractivity contribution in [3.05, 3.63) is 52.4 Å². The molecule has 0 aliphatic heterocycles. The molecule has 3 aromatic rings. The van der Waals surface area contributed by atoms with Crippen LogP contribution < -0.4 is 9.81 Å². The van der Waals surface area contributed by atoms with Crippen molar-refractivity contribution in [3.8, 4) is 5.75 Å². The average molecular weight is 358 g/mol. The number of benzene rings is 2. The normalized spacial score (nSPS) is 12.7. The maximum absolute atomic E-state index is 12.4. The second-order valence-electron chi connectivity index (χ2n) is 5.08. The molecule has 0 bridgehead atoms. The third-order valence-electron chi connectivity index (χ3n) is 3.33. The number of aryl methyl sites for hydroxylation is 1. The molecule has 0 radical (unpaired) electrons. The summed E-state index contributed by atoms with van der Waals surface area (Å²) in [7, 11) is -5.80. The highest BCUT2D eigenvalue weighted by Gasteiger charge is 2.48. The van der Waals surface area contributed by atoms with Gasteiger partial charge in [-0.1, -0.05) is 17.7 Å². The minimum absolute atomic E-state index is 0.0776. The second kappa shape index (κ2) is 5.23. The van der Waals surface area contributed by atoms with Gasteiger partial charge in [0.2, 0.25) is 0 Å². The summed E-state index contributed by atoms with van der Waals surface area (Å²) in [4.78, 5) is 12.0. The quantitative estimate of drug-likeness (QED) is 0.303. The molecule has 0 N–H and O–H groups in total. The van der Waals surface area contributed by atoms with Crippen molar-refractivity contribution in [2.24, 2.45) is 0 Å². The Morgan fingerprint density at radius 2 is 1.67 bits per heavy atom. The van der Waals surface area contributed by atoms with E-state index in [2.05, 4.69) is 4.18 Å². The summed E-state index contributed by atoms with van der Waals surface area (Å²) in [5, 5.41) is 1.30. The zero-order valence-corrected chi connectivity index (χ0v) is 12.9. The van der Waals surface area contributed by atoms with E-state index in [9.17, 15) is 26.4 Å². The van der Waals surface area contributed by atoms with E-state index in [0.29, 0.717) is 16.2 Å². The van der Waals surface area contributed by atoms with Gasteiger partial charge >= 0.3 is 21.3 Å². The molecule has 2 aromatic carbocycles. The number of hydrogen-bond acceptors (Lipinski definition) is 5. The molecule has 0 aliphatic carbocycles. The molecule has 126 valence electrons. The van der Waals surface area contributed by atoms with E-state index in [-0.39, 0.29) is 5.58 Å². The first-order chi connectivity index (χ1) is 11.1. The maximum atomic E-state index is 12.4. The summed E-state index contributed by atoms with van der Waals surface area (Å²) in [5.74, 6) is -0.602. The summed E-state index contributed by atoms with van der Waals surface area (Å²) in [6, 6.07) is 8.39. The molecule has 0 fully saturated rings. The van der Waals surface area contributed by atoms with Gasteiger partial charge in [-0.15, -0.1) is 0 Å². The molecule has 3 rings (SSSR count). The van der Waals surface area contributed by atoms with Crippen molar-refractivity contribution < 1.29 is 30.2 Å². The van der Waals surface area contributed by atoms with Gasteiger partial charge in [0.1, 0.15) is 11.3 Å². The monoisotopic (exact) mass is 358 g/mol. The molecule has 0 unspecified atom stereocenters. The van der Waals surface area contributed by atoms with Crippen molar-refractivity contribution >= 4 is 31.9 Å². The number of halogens is 3. The van der Waals surface area contributed by atoms with Crippen LogP contribution in [-0.4, -0.2) is 13.9 Å². The van der Waals surface area contributed by atoms with Gasteiger partial charge in [0.15, 0.2) is 0 Å². The van der Waals surface area contributed by atoms with Crippen LogP contribution >= 0.6 is 0 Å². The first-order valence-corrected chi connectivity index (χ1v) is 7.97. The Bertz CT molecular complexity index is 1110. The van der Waals surface area contributed by atoms with Gasteiger partial charge in [0, 0.05) is 11.5 Å². The predicted octanol–water partition coefficient (Wildman–Crippen LogP) is 3.48. The zero-order chi connectivity index (χ0) is 17.7. The minimum atomic E-state index is -5.80. The Labute approximate surface area is 133 Å². The molecular formula is C15H9F3O5S. The molecule has 0 spiro atoms. The standard InChI is InChI=1S/C15H9F3O5S/c1-8-2-4-10-11-5-3-9(23-24(20,21)15(16,17)18)7-13(11)22-14(19)12(10)6-8/h2-7H,1H3. The van der Waals surface area contributed by atoms with E-state index in [0.717, 1.165) is 17.7 Å². The van der Waals surface area contributed by atoms with Gasteiger partial charge < -0.3 is 8.60 Å². The topological polar surface area (TPSA) is 73.6 Å². The van der Waals surface area contributed by atoms with Crippen molar-refractivity contribution in [3.63, 3.8) is 0 Å².